The van der Waals surface area contributed by atoms with E-state index in [1.54, 1.807) is 26.0 Å². The van der Waals surface area contributed by atoms with E-state index in [2.05, 4.69) is 0 Å². The summed E-state index contributed by atoms with van der Waals surface area (Å²) in [6, 6.07) is 10.8. The fourth-order valence-electron chi connectivity index (χ4n) is 2.35. The molecule has 0 aliphatic heterocycles. The third-order valence-corrected chi connectivity index (χ3v) is 4.97. The number of rotatable bonds is 8. The van der Waals surface area contributed by atoms with Gasteiger partial charge in [-0.3, -0.25) is 13.6 Å². The summed E-state index contributed by atoms with van der Waals surface area (Å²) in [5.41, 5.74) is 1.24. The second-order valence-corrected chi connectivity index (χ2v) is 6.53. The van der Waals surface area contributed by atoms with E-state index in [0.29, 0.717) is 5.56 Å². The lowest BCUT2D eigenvalue weighted by Gasteiger charge is -2.17. The fraction of sp³-hybridized carbons (Fsp3) is 0.353. The summed E-state index contributed by atoms with van der Waals surface area (Å²) in [5, 5.41) is 1.56. The summed E-state index contributed by atoms with van der Waals surface area (Å²) in [7, 11) is -2.25. The molecule has 2 aromatic rings. The van der Waals surface area contributed by atoms with Crippen molar-refractivity contribution in [2.45, 2.75) is 20.5 Å². The molecule has 0 aliphatic carbocycles. The van der Waals surface area contributed by atoms with Crippen molar-refractivity contribution in [2.75, 3.05) is 20.3 Å². The standard InChI is InChI=1S/C17H21O6P/c1-4-21-24(19,22-5-2)23-12-13-10-11-16(17(18)20-3)15-9-7-6-8-14(13)15/h6-11H,4-5,12H2,1-3H3. The predicted molar refractivity (Wildman–Crippen MR) is 90.9 cm³/mol. The van der Waals surface area contributed by atoms with E-state index in [-0.39, 0.29) is 19.8 Å². The van der Waals surface area contributed by atoms with Gasteiger partial charge in [0.25, 0.3) is 0 Å². The number of hydrogen-bond acceptors (Lipinski definition) is 6. The van der Waals surface area contributed by atoms with Gasteiger partial charge in [-0.25, -0.2) is 9.36 Å². The van der Waals surface area contributed by atoms with Crippen molar-refractivity contribution in [3.63, 3.8) is 0 Å². The van der Waals surface area contributed by atoms with Crippen molar-refractivity contribution >= 4 is 24.6 Å². The van der Waals surface area contributed by atoms with Crippen LogP contribution in [0, 0.1) is 0 Å². The lowest BCUT2D eigenvalue weighted by Crippen LogP contribution is -2.04. The number of ether oxygens (including phenoxy) is 1. The molecule has 2 aromatic carbocycles. The van der Waals surface area contributed by atoms with Gasteiger partial charge in [-0.1, -0.05) is 30.3 Å². The molecule has 0 aliphatic rings. The van der Waals surface area contributed by atoms with Gasteiger partial charge < -0.3 is 4.74 Å². The van der Waals surface area contributed by atoms with Crippen molar-refractivity contribution < 1.29 is 27.7 Å². The maximum Gasteiger partial charge on any atom is 0.475 e. The van der Waals surface area contributed by atoms with Crippen LogP contribution in [0.1, 0.15) is 29.8 Å². The molecular weight excluding hydrogens is 331 g/mol. The number of fused-ring (bicyclic) bond motifs is 1. The second-order valence-electron chi connectivity index (χ2n) is 4.87. The minimum Gasteiger partial charge on any atom is -0.465 e. The van der Waals surface area contributed by atoms with Crippen LogP contribution in [-0.4, -0.2) is 26.3 Å². The van der Waals surface area contributed by atoms with Crippen LogP contribution in [0.4, 0.5) is 0 Å². The molecule has 0 spiro atoms. The highest BCUT2D eigenvalue weighted by molar-refractivity contribution is 7.48. The minimum absolute atomic E-state index is 0.0409. The van der Waals surface area contributed by atoms with Gasteiger partial charge in [-0.05, 0) is 36.2 Å². The van der Waals surface area contributed by atoms with E-state index >= 15 is 0 Å². The number of hydrogen-bond donors (Lipinski definition) is 0. The van der Waals surface area contributed by atoms with E-state index in [1.807, 2.05) is 24.3 Å². The van der Waals surface area contributed by atoms with Crippen molar-refractivity contribution in [3.8, 4) is 0 Å². The molecule has 0 unspecified atom stereocenters. The number of phosphoric ester groups is 1. The van der Waals surface area contributed by atoms with E-state index in [1.165, 1.54) is 7.11 Å². The van der Waals surface area contributed by atoms with E-state index in [0.717, 1.165) is 16.3 Å². The smallest absolute Gasteiger partial charge is 0.465 e. The van der Waals surface area contributed by atoms with Crippen LogP contribution in [0.3, 0.4) is 0 Å². The highest BCUT2D eigenvalue weighted by atomic mass is 31.2. The minimum atomic E-state index is -3.59. The molecule has 0 fully saturated rings. The van der Waals surface area contributed by atoms with E-state index < -0.39 is 13.8 Å². The van der Waals surface area contributed by atoms with Crippen LogP contribution in [0.5, 0.6) is 0 Å². The first-order chi connectivity index (χ1) is 11.5. The van der Waals surface area contributed by atoms with Gasteiger partial charge >= 0.3 is 13.8 Å². The lowest BCUT2D eigenvalue weighted by molar-refractivity contribution is 0.0602. The van der Waals surface area contributed by atoms with Crippen molar-refractivity contribution in [2.24, 2.45) is 0 Å². The Bertz CT molecular complexity index is 748. The van der Waals surface area contributed by atoms with E-state index in [9.17, 15) is 9.36 Å². The summed E-state index contributed by atoms with van der Waals surface area (Å²) in [6.45, 7) is 3.92. The number of carbonyl (C=O) groups excluding carboxylic acids is 1. The van der Waals surface area contributed by atoms with Gasteiger partial charge in [0.2, 0.25) is 0 Å². The van der Waals surface area contributed by atoms with Crippen LogP contribution in [0.25, 0.3) is 10.8 Å². The molecule has 0 saturated heterocycles. The topological polar surface area (TPSA) is 71.1 Å². The van der Waals surface area contributed by atoms with Gasteiger partial charge in [0.1, 0.15) is 0 Å². The Hall–Kier alpha value is -1.72. The third-order valence-electron chi connectivity index (χ3n) is 3.37. The zero-order valence-corrected chi connectivity index (χ0v) is 14.9. The Kier molecular flexibility index (Phi) is 6.52. The van der Waals surface area contributed by atoms with Crippen LogP contribution in [0.2, 0.25) is 0 Å². The number of phosphoric acid groups is 1. The Labute approximate surface area is 141 Å². The summed E-state index contributed by atoms with van der Waals surface area (Å²) in [4.78, 5) is 11.9. The maximum absolute atomic E-state index is 12.4. The summed E-state index contributed by atoms with van der Waals surface area (Å²) in [6.07, 6.45) is 0. The molecule has 7 heteroatoms. The Morgan fingerprint density at radius 3 is 2.17 bits per heavy atom. The third kappa shape index (κ3) is 4.22. The van der Waals surface area contributed by atoms with Crippen LogP contribution in [0.15, 0.2) is 36.4 Å². The molecule has 6 nitrogen and oxygen atoms in total. The molecule has 0 saturated carbocycles. The number of esters is 1. The molecule has 2 rings (SSSR count). The van der Waals surface area contributed by atoms with E-state index in [4.69, 9.17) is 18.3 Å². The molecule has 0 N–H and O–H groups in total. The number of carbonyl (C=O) groups is 1. The van der Waals surface area contributed by atoms with Crippen molar-refractivity contribution in [1.82, 2.24) is 0 Å². The van der Waals surface area contributed by atoms with Gasteiger partial charge in [-0.2, -0.15) is 0 Å². The quantitative estimate of drug-likeness (QED) is 0.520. The monoisotopic (exact) mass is 352 g/mol. The first-order valence-electron chi connectivity index (χ1n) is 7.67. The second kappa shape index (κ2) is 8.40. The number of benzene rings is 2. The first-order valence-corrected chi connectivity index (χ1v) is 9.13. The number of methoxy groups -OCH3 is 1. The molecule has 0 aromatic heterocycles. The van der Waals surface area contributed by atoms with Gasteiger partial charge in [-0.15, -0.1) is 0 Å². The lowest BCUT2D eigenvalue weighted by atomic mass is 10.00. The van der Waals surface area contributed by atoms with Crippen molar-refractivity contribution in [3.05, 3.63) is 47.5 Å². The predicted octanol–water partition coefficient (Wildman–Crippen LogP) is 4.32. The average molecular weight is 352 g/mol. The Morgan fingerprint density at radius 1 is 0.958 bits per heavy atom. The molecule has 0 radical (unpaired) electrons. The molecule has 0 heterocycles. The molecule has 130 valence electrons. The zero-order chi connectivity index (χ0) is 17.6. The summed E-state index contributed by atoms with van der Waals surface area (Å²) in [5.74, 6) is -0.409. The normalized spacial score (nSPS) is 11.6. The molecule has 0 amide bonds. The highest BCUT2D eigenvalue weighted by Crippen LogP contribution is 2.50. The summed E-state index contributed by atoms with van der Waals surface area (Å²) < 4.78 is 32.9. The fourth-order valence-corrected chi connectivity index (χ4v) is 3.51. The van der Waals surface area contributed by atoms with Crippen LogP contribution >= 0.6 is 7.82 Å². The Morgan fingerprint density at radius 2 is 1.58 bits per heavy atom. The first kappa shape index (κ1) is 18.6. The summed E-state index contributed by atoms with van der Waals surface area (Å²) >= 11 is 0. The van der Waals surface area contributed by atoms with Gasteiger partial charge in [0, 0.05) is 0 Å². The average Bonchev–Trinajstić information content (AvgIpc) is 2.59. The maximum atomic E-state index is 12.4. The Balaban J connectivity index is 2.33. The van der Waals surface area contributed by atoms with Crippen LogP contribution in [-0.2, 0) is 29.5 Å². The largest absolute Gasteiger partial charge is 0.475 e. The molecular formula is C17H21O6P. The molecule has 24 heavy (non-hydrogen) atoms. The molecule has 0 atom stereocenters. The van der Waals surface area contributed by atoms with Gasteiger partial charge in [0.15, 0.2) is 0 Å². The highest BCUT2D eigenvalue weighted by Gasteiger charge is 2.25. The van der Waals surface area contributed by atoms with Gasteiger partial charge in [0.05, 0.1) is 32.5 Å². The van der Waals surface area contributed by atoms with Crippen LogP contribution < -0.4 is 0 Å². The zero-order valence-electron chi connectivity index (χ0n) is 14.0. The molecule has 0 bridgehead atoms. The SMILES string of the molecule is CCOP(=O)(OCC)OCc1ccc(C(=O)OC)c2ccccc12. The van der Waals surface area contributed by atoms with Crippen molar-refractivity contribution in [1.29, 1.82) is 0 Å².